The van der Waals surface area contributed by atoms with E-state index in [4.69, 9.17) is 0 Å². The highest BCUT2D eigenvalue weighted by molar-refractivity contribution is 6.13. The molecule has 0 saturated heterocycles. The van der Waals surface area contributed by atoms with Gasteiger partial charge in [-0.2, -0.15) is 0 Å². The molecule has 1 aromatic heterocycles. The smallest absolute Gasteiger partial charge is 0.130 e. The van der Waals surface area contributed by atoms with Gasteiger partial charge in [-0.15, -0.1) is 0 Å². The quantitative estimate of drug-likeness (QED) is 0.201. The lowest BCUT2D eigenvalue weighted by Crippen LogP contribution is -2.37. The van der Waals surface area contributed by atoms with Gasteiger partial charge in [0.1, 0.15) is 6.17 Å². The topological polar surface area (TPSA) is 20.2 Å². The van der Waals surface area contributed by atoms with Crippen molar-refractivity contribution in [3.05, 3.63) is 204 Å². The molecule has 238 valence electrons. The van der Waals surface area contributed by atoms with Gasteiger partial charge in [-0.05, 0) is 92.2 Å². The van der Waals surface area contributed by atoms with Crippen LogP contribution in [0.3, 0.4) is 0 Å². The number of benzene rings is 8. The van der Waals surface area contributed by atoms with Crippen molar-refractivity contribution in [1.29, 1.82) is 0 Å². The third kappa shape index (κ3) is 3.38. The summed E-state index contributed by atoms with van der Waals surface area (Å²) >= 11 is 0. The van der Waals surface area contributed by atoms with Crippen LogP contribution in [-0.4, -0.2) is 4.57 Å². The molecule has 2 atom stereocenters. The van der Waals surface area contributed by atoms with Crippen molar-refractivity contribution in [1.82, 2.24) is 4.57 Å². The van der Waals surface area contributed by atoms with Crippen molar-refractivity contribution in [3.8, 4) is 16.8 Å². The minimum Gasteiger partial charge on any atom is -0.359 e. The lowest BCUT2D eigenvalue weighted by atomic mass is 9.64. The number of aromatic nitrogens is 1. The van der Waals surface area contributed by atoms with E-state index in [1.165, 1.54) is 94.3 Å². The SMILES string of the molecule is c1ccc(C2Nc3cccc4c3N2c2ccccc2C42c3ccccc3-c3ccc(-n4c5ccccc5c5cc6ccccc6cc54)cc32)cc1. The minimum atomic E-state index is -0.501. The number of hydrogen-bond acceptors (Lipinski definition) is 2. The summed E-state index contributed by atoms with van der Waals surface area (Å²) in [6.07, 6.45) is -0.00396. The molecule has 3 aliphatic rings. The molecule has 8 aromatic carbocycles. The van der Waals surface area contributed by atoms with E-state index < -0.39 is 5.41 Å². The Morgan fingerprint density at radius 3 is 2.08 bits per heavy atom. The summed E-state index contributed by atoms with van der Waals surface area (Å²) in [5.41, 5.74) is 16.0. The molecular weight excluding hydrogens is 619 g/mol. The van der Waals surface area contributed by atoms with Gasteiger partial charge >= 0.3 is 0 Å². The van der Waals surface area contributed by atoms with Crippen LogP contribution in [0, 0.1) is 0 Å². The van der Waals surface area contributed by atoms with Crippen LogP contribution < -0.4 is 10.2 Å². The number of anilines is 3. The van der Waals surface area contributed by atoms with Crippen LogP contribution in [0.25, 0.3) is 49.4 Å². The highest BCUT2D eigenvalue weighted by Gasteiger charge is 2.54. The summed E-state index contributed by atoms with van der Waals surface area (Å²) in [5, 5.41) is 9.00. The molecule has 2 unspecified atom stereocenters. The number of nitrogens with zero attached hydrogens (tertiary/aromatic N) is 2. The maximum atomic E-state index is 3.94. The van der Waals surface area contributed by atoms with E-state index in [0.29, 0.717) is 0 Å². The second kappa shape index (κ2) is 9.77. The van der Waals surface area contributed by atoms with Crippen LogP contribution in [0.1, 0.15) is 34.0 Å². The van der Waals surface area contributed by atoms with Gasteiger partial charge in [-0.25, -0.2) is 0 Å². The van der Waals surface area contributed by atoms with Crippen molar-refractivity contribution in [3.63, 3.8) is 0 Å². The highest BCUT2D eigenvalue weighted by Crippen LogP contribution is 2.66. The molecule has 0 fully saturated rings. The Morgan fingerprint density at radius 1 is 0.471 bits per heavy atom. The summed E-state index contributed by atoms with van der Waals surface area (Å²) in [6.45, 7) is 0. The summed E-state index contributed by atoms with van der Waals surface area (Å²) < 4.78 is 2.48. The largest absolute Gasteiger partial charge is 0.359 e. The predicted octanol–water partition coefficient (Wildman–Crippen LogP) is 11.9. The van der Waals surface area contributed by atoms with Gasteiger partial charge in [0, 0.05) is 22.1 Å². The first-order valence-electron chi connectivity index (χ1n) is 17.8. The van der Waals surface area contributed by atoms with E-state index in [1.807, 2.05) is 0 Å². The Hall–Kier alpha value is -6.58. The Morgan fingerprint density at radius 2 is 1.18 bits per heavy atom. The second-order valence-electron chi connectivity index (χ2n) is 14.1. The van der Waals surface area contributed by atoms with E-state index in [2.05, 4.69) is 191 Å². The fraction of sp³-hybridized carbons (Fsp3) is 0.0417. The molecular formula is C48H31N3. The van der Waals surface area contributed by atoms with E-state index >= 15 is 0 Å². The van der Waals surface area contributed by atoms with E-state index in [0.717, 1.165) is 0 Å². The fourth-order valence-electron chi connectivity index (χ4n) is 9.76. The predicted molar refractivity (Wildman–Crippen MR) is 211 cm³/mol. The van der Waals surface area contributed by atoms with Crippen molar-refractivity contribution in [2.24, 2.45) is 0 Å². The number of rotatable bonds is 2. The lowest BCUT2D eigenvalue weighted by molar-refractivity contribution is 0.720. The summed E-state index contributed by atoms with van der Waals surface area (Å²) in [5.74, 6) is 0. The lowest BCUT2D eigenvalue weighted by Gasteiger charge is -2.44. The zero-order chi connectivity index (χ0) is 33.3. The zero-order valence-corrected chi connectivity index (χ0v) is 27.7. The van der Waals surface area contributed by atoms with Crippen molar-refractivity contribution in [2.45, 2.75) is 11.6 Å². The highest BCUT2D eigenvalue weighted by atomic mass is 15.3. The molecule has 1 N–H and O–H groups in total. The third-order valence-electron chi connectivity index (χ3n) is 11.7. The molecule has 2 aliphatic heterocycles. The van der Waals surface area contributed by atoms with Crippen molar-refractivity contribution in [2.75, 3.05) is 10.2 Å². The Labute approximate surface area is 295 Å². The fourth-order valence-corrected chi connectivity index (χ4v) is 9.76. The van der Waals surface area contributed by atoms with E-state index in [-0.39, 0.29) is 6.17 Å². The first-order valence-corrected chi connectivity index (χ1v) is 17.8. The van der Waals surface area contributed by atoms with Crippen LogP contribution in [0.5, 0.6) is 0 Å². The molecule has 9 aromatic rings. The first kappa shape index (κ1) is 27.3. The Balaban J connectivity index is 1.18. The average Bonchev–Trinajstić information content (AvgIpc) is 3.83. The first-order chi connectivity index (χ1) is 25.3. The minimum absolute atomic E-state index is 0.00396. The number of hydrogen-bond donors (Lipinski definition) is 1. The van der Waals surface area contributed by atoms with Gasteiger partial charge in [0.15, 0.2) is 0 Å². The molecule has 51 heavy (non-hydrogen) atoms. The maximum Gasteiger partial charge on any atom is 0.130 e. The van der Waals surface area contributed by atoms with Crippen LogP contribution >= 0.6 is 0 Å². The normalized spacial score (nSPS) is 17.8. The molecule has 0 saturated carbocycles. The molecule has 0 radical (unpaired) electrons. The van der Waals surface area contributed by atoms with E-state index in [1.54, 1.807) is 0 Å². The summed E-state index contributed by atoms with van der Waals surface area (Å²) in [7, 11) is 0. The molecule has 3 heterocycles. The van der Waals surface area contributed by atoms with Crippen LogP contribution in [0.4, 0.5) is 17.1 Å². The second-order valence-corrected chi connectivity index (χ2v) is 14.1. The standard InChI is InChI=1S/C48H31N3/c1-2-13-30(14-3-1)47-49-42-22-12-21-40-46(42)51(47)44-24-11-9-20-39(44)48(40)38-19-8-6-17-34(38)35-26-25-33(29-41(35)48)50-43-23-10-7-18-36(43)37-27-31-15-4-5-16-32(31)28-45(37)50/h1-29,47,49H. The van der Waals surface area contributed by atoms with Gasteiger partial charge in [0.25, 0.3) is 0 Å². The summed E-state index contributed by atoms with van der Waals surface area (Å²) in [6, 6.07) is 65.4. The van der Waals surface area contributed by atoms with Crippen LogP contribution in [0.15, 0.2) is 176 Å². The number of fused-ring (bicyclic) bond motifs is 13. The molecule has 3 heteroatoms. The monoisotopic (exact) mass is 649 g/mol. The van der Waals surface area contributed by atoms with Gasteiger partial charge < -0.3 is 14.8 Å². The Kier molecular flexibility index (Phi) is 5.22. The van der Waals surface area contributed by atoms with Crippen LogP contribution in [-0.2, 0) is 5.41 Å². The van der Waals surface area contributed by atoms with Crippen molar-refractivity contribution < 1.29 is 0 Å². The number of nitrogens with one attached hydrogen (secondary N) is 1. The zero-order valence-electron chi connectivity index (χ0n) is 27.7. The van der Waals surface area contributed by atoms with Gasteiger partial charge in [0.2, 0.25) is 0 Å². The molecule has 0 bridgehead atoms. The maximum absolute atomic E-state index is 3.94. The van der Waals surface area contributed by atoms with Crippen molar-refractivity contribution >= 4 is 49.6 Å². The molecule has 0 amide bonds. The summed E-state index contributed by atoms with van der Waals surface area (Å²) in [4.78, 5) is 2.54. The van der Waals surface area contributed by atoms with Gasteiger partial charge in [-0.1, -0.05) is 133 Å². The molecule has 12 rings (SSSR count). The number of para-hydroxylation sites is 3. The third-order valence-corrected chi connectivity index (χ3v) is 11.7. The Bertz CT molecular complexity index is 2920. The van der Waals surface area contributed by atoms with E-state index in [9.17, 15) is 0 Å². The average molecular weight is 650 g/mol. The van der Waals surface area contributed by atoms with Gasteiger partial charge in [0.05, 0.1) is 27.8 Å². The molecule has 1 spiro atoms. The van der Waals surface area contributed by atoms with Crippen LogP contribution in [0.2, 0.25) is 0 Å². The van der Waals surface area contributed by atoms with Gasteiger partial charge in [-0.3, -0.25) is 0 Å². The molecule has 1 aliphatic carbocycles. The molecule has 3 nitrogen and oxygen atoms in total.